The first kappa shape index (κ1) is 18.7. The maximum atomic E-state index is 12.4. The van der Waals surface area contributed by atoms with Gasteiger partial charge in [0.25, 0.3) is 0 Å². The van der Waals surface area contributed by atoms with Crippen molar-refractivity contribution in [2.75, 3.05) is 64.6 Å². The van der Waals surface area contributed by atoms with Gasteiger partial charge in [-0.2, -0.15) is 9.97 Å². The highest BCUT2D eigenvalue weighted by atomic mass is 16.5. The van der Waals surface area contributed by atoms with Gasteiger partial charge in [-0.15, -0.1) is 0 Å². The van der Waals surface area contributed by atoms with Crippen LogP contribution in [0, 0.1) is 5.41 Å². The van der Waals surface area contributed by atoms with E-state index in [1.807, 2.05) is 25.1 Å². The Bertz CT molecular complexity index is 653. The molecule has 0 unspecified atom stereocenters. The Kier molecular flexibility index (Phi) is 5.50. The molecule has 0 bridgehead atoms. The van der Waals surface area contributed by atoms with E-state index in [-0.39, 0.29) is 17.3 Å². The van der Waals surface area contributed by atoms with Gasteiger partial charge in [0.05, 0.1) is 7.11 Å². The van der Waals surface area contributed by atoms with Crippen LogP contribution in [0.25, 0.3) is 0 Å². The summed E-state index contributed by atoms with van der Waals surface area (Å²) < 4.78 is 5.23. The summed E-state index contributed by atoms with van der Waals surface area (Å²) in [5.74, 6) is 1.80. The number of likely N-dealkylation sites (N-methyl/N-ethyl adjacent to an activating group) is 1. The van der Waals surface area contributed by atoms with Gasteiger partial charge < -0.3 is 25.2 Å². The standard InChI is InChI=1S/C18H30N6O2/c1-22(2)9-10-24-13-18(7-5-16(24)25)6-4-8-23(12-18)14-11-15(26-3)21-17(19)20-14/h11H,4-10,12-13H2,1-3H3,(H2,19,20,21)/t18-/m0/s1. The van der Waals surface area contributed by atoms with E-state index >= 15 is 0 Å². The fourth-order valence-corrected chi connectivity index (χ4v) is 4.06. The Balaban J connectivity index is 1.74. The van der Waals surface area contributed by atoms with Gasteiger partial charge in [0.1, 0.15) is 5.82 Å². The third-order valence-electron chi connectivity index (χ3n) is 5.47. The van der Waals surface area contributed by atoms with Gasteiger partial charge in [-0.3, -0.25) is 4.79 Å². The molecule has 0 saturated carbocycles. The second kappa shape index (κ2) is 7.65. The molecule has 2 aliphatic rings. The highest BCUT2D eigenvalue weighted by Gasteiger charge is 2.42. The molecule has 2 N–H and O–H groups in total. The quantitative estimate of drug-likeness (QED) is 0.830. The Hall–Kier alpha value is -2.09. The van der Waals surface area contributed by atoms with Crippen molar-refractivity contribution in [3.63, 3.8) is 0 Å². The summed E-state index contributed by atoms with van der Waals surface area (Å²) in [5.41, 5.74) is 5.96. The van der Waals surface area contributed by atoms with Gasteiger partial charge in [0, 0.05) is 50.6 Å². The molecule has 2 fully saturated rings. The van der Waals surface area contributed by atoms with Crippen LogP contribution in [-0.4, -0.2) is 79.6 Å². The molecule has 3 heterocycles. The molecule has 26 heavy (non-hydrogen) atoms. The summed E-state index contributed by atoms with van der Waals surface area (Å²) in [6.45, 7) is 4.34. The molecule has 8 nitrogen and oxygen atoms in total. The van der Waals surface area contributed by atoms with Crippen molar-refractivity contribution in [3.05, 3.63) is 6.07 Å². The van der Waals surface area contributed by atoms with Crippen LogP contribution >= 0.6 is 0 Å². The van der Waals surface area contributed by atoms with Crippen molar-refractivity contribution in [1.82, 2.24) is 19.8 Å². The second-order valence-electron chi connectivity index (χ2n) is 7.77. The average molecular weight is 362 g/mol. The Morgan fingerprint density at radius 2 is 2.12 bits per heavy atom. The minimum Gasteiger partial charge on any atom is -0.481 e. The first-order valence-electron chi connectivity index (χ1n) is 9.27. The number of ether oxygens (including phenoxy) is 1. The fraction of sp³-hybridized carbons (Fsp3) is 0.722. The van der Waals surface area contributed by atoms with Gasteiger partial charge in [-0.05, 0) is 33.4 Å². The summed E-state index contributed by atoms with van der Waals surface area (Å²) in [6, 6.07) is 1.84. The molecule has 1 aromatic rings. The van der Waals surface area contributed by atoms with E-state index in [0.717, 1.165) is 57.8 Å². The molecule has 1 amide bonds. The number of rotatable bonds is 5. The van der Waals surface area contributed by atoms with Gasteiger partial charge in [0.2, 0.25) is 17.7 Å². The molecule has 1 spiro atoms. The summed E-state index contributed by atoms with van der Waals surface area (Å²) in [5, 5.41) is 0. The highest BCUT2D eigenvalue weighted by molar-refractivity contribution is 5.77. The van der Waals surface area contributed by atoms with Crippen molar-refractivity contribution in [1.29, 1.82) is 0 Å². The van der Waals surface area contributed by atoms with Gasteiger partial charge in [0.15, 0.2) is 0 Å². The van der Waals surface area contributed by atoms with E-state index in [4.69, 9.17) is 10.5 Å². The number of likely N-dealkylation sites (tertiary alicyclic amines) is 1. The first-order chi connectivity index (χ1) is 12.4. The number of carbonyl (C=O) groups is 1. The second-order valence-corrected chi connectivity index (χ2v) is 7.77. The van der Waals surface area contributed by atoms with Crippen LogP contribution in [0.4, 0.5) is 11.8 Å². The van der Waals surface area contributed by atoms with Crippen LogP contribution in [0.2, 0.25) is 0 Å². The highest BCUT2D eigenvalue weighted by Crippen LogP contribution is 2.40. The molecule has 0 aromatic carbocycles. The lowest BCUT2D eigenvalue weighted by Crippen LogP contribution is -2.55. The van der Waals surface area contributed by atoms with Crippen LogP contribution in [0.1, 0.15) is 25.7 Å². The van der Waals surface area contributed by atoms with E-state index in [1.165, 1.54) is 0 Å². The normalized spacial score (nSPS) is 23.8. The summed E-state index contributed by atoms with van der Waals surface area (Å²) in [7, 11) is 5.66. The van der Waals surface area contributed by atoms with Crippen molar-refractivity contribution >= 4 is 17.7 Å². The zero-order chi connectivity index (χ0) is 18.7. The van der Waals surface area contributed by atoms with Crippen LogP contribution in [0.3, 0.4) is 0 Å². The van der Waals surface area contributed by atoms with Crippen LogP contribution in [-0.2, 0) is 4.79 Å². The number of piperidine rings is 2. The number of nitrogen functional groups attached to an aromatic ring is 1. The van der Waals surface area contributed by atoms with Crippen molar-refractivity contribution in [3.8, 4) is 5.88 Å². The molecular weight excluding hydrogens is 332 g/mol. The lowest BCUT2D eigenvalue weighted by molar-refractivity contribution is -0.138. The van der Waals surface area contributed by atoms with Crippen LogP contribution in [0.5, 0.6) is 5.88 Å². The van der Waals surface area contributed by atoms with Crippen molar-refractivity contribution in [2.45, 2.75) is 25.7 Å². The average Bonchev–Trinajstić information content (AvgIpc) is 2.62. The summed E-state index contributed by atoms with van der Waals surface area (Å²) >= 11 is 0. The first-order valence-corrected chi connectivity index (χ1v) is 9.27. The predicted molar refractivity (Wildman–Crippen MR) is 101 cm³/mol. The van der Waals surface area contributed by atoms with Crippen LogP contribution < -0.4 is 15.4 Å². The van der Waals surface area contributed by atoms with Gasteiger partial charge in [-0.1, -0.05) is 0 Å². The smallest absolute Gasteiger partial charge is 0.225 e. The van der Waals surface area contributed by atoms with E-state index in [1.54, 1.807) is 7.11 Å². The Labute approximate surface area is 155 Å². The fourth-order valence-electron chi connectivity index (χ4n) is 4.06. The van der Waals surface area contributed by atoms with Gasteiger partial charge in [-0.25, -0.2) is 0 Å². The third kappa shape index (κ3) is 4.17. The molecule has 3 rings (SSSR count). The van der Waals surface area contributed by atoms with Crippen LogP contribution in [0.15, 0.2) is 6.07 Å². The van der Waals surface area contributed by atoms with E-state index in [2.05, 4.69) is 19.8 Å². The molecule has 2 saturated heterocycles. The number of hydrogen-bond donors (Lipinski definition) is 1. The predicted octanol–water partition coefficient (Wildman–Crippen LogP) is 0.838. The molecule has 2 aliphatic heterocycles. The largest absolute Gasteiger partial charge is 0.481 e. The minimum atomic E-state index is 0.130. The molecule has 0 radical (unpaired) electrons. The van der Waals surface area contributed by atoms with Gasteiger partial charge >= 0.3 is 0 Å². The number of anilines is 2. The van der Waals surface area contributed by atoms with Crippen molar-refractivity contribution < 1.29 is 9.53 Å². The van der Waals surface area contributed by atoms with Crippen molar-refractivity contribution in [2.24, 2.45) is 5.41 Å². The third-order valence-corrected chi connectivity index (χ3v) is 5.47. The monoisotopic (exact) mass is 362 g/mol. The zero-order valence-electron chi connectivity index (χ0n) is 16.1. The molecule has 1 aromatic heterocycles. The SMILES string of the molecule is COc1cc(N2CCC[C@]3(CCC(=O)N(CCN(C)C)C3)C2)nc(N)n1. The zero-order valence-corrected chi connectivity index (χ0v) is 16.1. The summed E-state index contributed by atoms with van der Waals surface area (Å²) in [6.07, 6.45) is 3.81. The molecular formula is C18H30N6O2. The minimum absolute atomic E-state index is 0.130. The Morgan fingerprint density at radius 3 is 2.85 bits per heavy atom. The number of nitrogens with two attached hydrogens (primary N) is 1. The maximum Gasteiger partial charge on any atom is 0.225 e. The number of nitrogens with zero attached hydrogens (tertiary/aromatic N) is 5. The van der Waals surface area contributed by atoms with E-state index < -0.39 is 0 Å². The number of amides is 1. The number of hydrogen-bond acceptors (Lipinski definition) is 7. The molecule has 0 aliphatic carbocycles. The number of aromatic nitrogens is 2. The maximum absolute atomic E-state index is 12.4. The molecule has 8 heteroatoms. The lowest BCUT2D eigenvalue weighted by Gasteiger charge is -2.48. The molecule has 144 valence electrons. The topological polar surface area (TPSA) is 87.8 Å². The lowest BCUT2D eigenvalue weighted by atomic mass is 9.73. The Morgan fingerprint density at radius 1 is 1.31 bits per heavy atom. The van der Waals surface area contributed by atoms with E-state index in [0.29, 0.717) is 12.3 Å². The van der Waals surface area contributed by atoms with E-state index in [9.17, 15) is 4.79 Å². The number of carbonyl (C=O) groups excluding carboxylic acids is 1. The summed E-state index contributed by atoms with van der Waals surface area (Å²) in [4.78, 5) is 27.3. The number of methoxy groups -OCH3 is 1. The molecule has 1 atom stereocenters.